The molecular weight excluding hydrogens is 320 g/mol. The molecule has 26 heavy (non-hydrogen) atoms. The maximum Gasteiger partial charge on any atom is 0.124 e. The van der Waals surface area contributed by atoms with Crippen molar-refractivity contribution < 1.29 is 10.2 Å². The molecule has 0 aliphatic carbocycles. The number of aromatic hydroxyl groups is 2. The quantitative estimate of drug-likeness (QED) is 0.426. The molecule has 2 heteroatoms. The van der Waals surface area contributed by atoms with Gasteiger partial charge in [-0.2, -0.15) is 0 Å². The number of hydrogen-bond acceptors (Lipinski definition) is 2. The van der Waals surface area contributed by atoms with Crippen LogP contribution in [0.2, 0.25) is 0 Å². The summed E-state index contributed by atoms with van der Waals surface area (Å²) in [5.41, 5.74) is 6.13. The Balaban J connectivity index is 2.20. The van der Waals surface area contributed by atoms with Crippen molar-refractivity contribution in [1.82, 2.24) is 0 Å². The van der Waals surface area contributed by atoms with Gasteiger partial charge in [0.25, 0.3) is 0 Å². The molecule has 0 aliphatic heterocycles. The molecule has 0 saturated carbocycles. The summed E-state index contributed by atoms with van der Waals surface area (Å²) in [5.74, 6) is 0.364. The van der Waals surface area contributed by atoms with Crippen molar-refractivity contribution in [3.63, 3.8) is 0 Å². The fourth-order valence-electron chi connectivity index (χ4n) is 3.69. The van der Waals surface area contributed by atoms with Gasteiger partial charge < -0.3 is 10.2 Å². The van der Waals surface area contributed by atoms with Gasteiger partial charge >= 0.3 is 0 Å². The topological polar surface area (TPSA) is 40.5 Å². The van der Waals surface area contributed by atoms with Gasteiger partial charge in [0.1, 0.15) is 11.5 Å². The van der Waals surface area contributed by atoms with Crippen LogP contribution in [0.5, 0.6) is 11.5 Å². The molecule has 0 radical (unpaired) electrons. The molecule has 0 bridgehead atoms. The van der Waals surface area contributed by atoms with Crippen LogP contribution in [0.15, 0.2) is 48.5 Å². The lowest BCUT2D eigenvalue weighted by atomic mass is 9.89. The third-order valence-corrected chi connectivity index (χ3v) is 5.47. The predicted octanol–water partition coefficient (Wildman–Crippen LogP) is 6.30. The van der Waals surface area contributed by atoms with Crippen LogP contribution in [0, 0.1) is 27.7 Å². The molecule has 0 heterocycles. The van der Waals surface area contributed by atoms with Gasteiger partial charge in [-0.05, 0) is 83.6 Å². The van der Waals surface area contributed by atoms with Gasteiger partial charge in [0.15, 0.2) is 0 Å². The predicted molar refractivity (Wildman–Crippen MR) is 109 cm³/mol. The maximum absolute atomic E-state index is 10.7. The maximum atomic E-state index is 10.7. The summed E-state index contributed by atoms with van der Waals surface area (Å²) in [6, 6.07) is 15.7. The van der Waals surface area contributed by atoms with Crippen LogP contribution in [-0.4, -0.2) is 10.2 Å². The molecule has 2 nitrogen and oxygen atoms in total. The minimum Gasteiger partial charge on any atom is -0.507 e. The molecule has 0 atom stereocenters. The number of phenolic OH excluding ortho intramolecular Hbond substituents is 2. The number of rotatable bonds is 1. The first kappa shape index (κ1) is 16.5. The second kappa shape index (κ2) is 5.77. The highest BCUT2D eigenvalue weighted by atomic mass is 16.3. The zero-order valence-electron chi connectivity index (χ0n) is 15.5. The summed E-state index contributed by atoms with van der Waals surface area (Å²) in [7, 11) is 0. The lowest BCUT2D eigenvalue weighted by molar-refractivity contribution is 0.470. The Morgan fingerprint density at radius 3 is 1.23 bits per heavy atom. The number of hydrogen-bond donors (Lipinski definition) is 2. The van der Waals surface area contributed by atoms with Gasteiger partial charge in [0.05, 0.1) is 0 Å². The van der Waals surface area contributed by atoms with Gasteiger partial charge in [0, 0.05) is 11.1 Å². The number of fused-ring (bicyclic) bond motifs is 2. The van der Waals surface area contributed by atoms with Crippen molar-refractivity contribution in [1.29, 1.82) is 0 Å². The van der Waals surface area contributed by atoms with E-state index in [4.69, 9.17) is 0 Å². The number of aryl methyl sites for hydroxylation is 4. The molecule has 4 rings (SSSR count). The van der Waals surface area contributed by atoms with E-state index in [1.165, 1.54) is 11.1 Å². The summed E-state index contributed by atoms with van der Waals surface area (Å²) in [6.45, 7) is 8.31. The van der Waals surface area contributed by atoms with Crippen molar-refractivity contribution in [2.75, 3.05) is 0 Å². The second-order valence-corrected chi connectivity index (χ2v) is 7.23. The average Bonchev–Trinajstić information content (AvgIpc) is 2.59. The van der Waals surface area contributed by atoms with E-state index < -0.39 is 0 Å². The highest BCUT2D eigenvalue weighted by Gasteiger charge is 2.17. The van der Waals surface area contributed by atoms with E-state index in [1.54, 1.807) is 12.1 Å². The molecule has 0 unspecified atom stereocenters. The average molecular weight is 342 g/mol. The molecule has 0 saturated heterocycles. The van der Waals surface area contributed by atoms with Gasteiger partial charge in [-0.3, -0.25) is 0 Å². The standard InChI is InChI=1S/C24H22O2/c1-13-9-17-5-7-21(25)23(19(17)11-15(13)3)24-20-12-16(4)14(2)10-18(20)6-8-22(24)26/h5-12,25-26H,1-4H3. The third-order valence-electron chi connectivity index (χ3n) is 5.47. The third kappa shape index (κ3) is 2.41. The normalized spacial score (nSPS) is 11.4. The van der Waals surface area contributed by atoms with E-state index in [2.05, 4.69) is 52.0 Å². The lowest BCUT2D eigenvalue weighted by Gasteiger charge is -2.16. The molecule has 4 aromatic carbocycles. The van der Waals surface area contributed by atoms with Crippen LogP contribution in [0.4, 0.5) is 0 Å². The minimum absolute atomic E-state index is 0.182. The van der Waals surface area contributed by atoms with E-state index in [9.17, 15) is 10.2 Å². The zero-order chi connectivity index (χ0) is 18.6. The summed E-state index contributed by atoms with van der Waals surface area (Å²) in [4.78, 5) is 0. The van der Waals surface area contributed by atoms with Gasteiger partial charge in [0.2, 0.25) is 0 Å². The second-order valence-electron chi connectivity index (χ2n) is 7.23. The summed E-state index contributed by atoms with van der Waals surface area (Å²) < 4.78 is 0. The fourth-order valence-corrected chi connectivity index (χ4v) is 3.69. The Labute approximate surface area is 153 Å². The van der Waals surface area contributed by atoms with E-state index in [0.717, 1.165) is 32.7 Å². The van der Waals surface area contributed by atoms with Gasteiger partial charge in [-0.15, -0.1) is 0 Å². The summed E-state index contributed by atoms with van der Waals surface area (Å²) >= 11 is 0. The number of benzene rings is 4. The Hall–Kier alpha value is -3.00. The SMILES string of the molecule is Cc1cc2ccc(O)c(-c3c(O)ccc4cc(C)c(C)cc34)c2cc1C. The highest BCUT2D eigenvalue weighted by Crippen LogP contribution is 2.45. The Morgan fingerprint density at radius 1 is 0.500 bits per heavy atom. The van der Waals surface area contributed by atoms with Crippen LogP contribution >= 0.6 is 0 Å². The zero-order valence-corrected chi connectivity index (χ0v) is 15.5. The first-order valence-electron chi connectivity index (χ1n) is 8.83. The molecule has 0 aliphatic rings. The van der Waals surface area contributed by atoms with Crippen molar-refractivity contribution in [3.8, 4) is 22.6 Å². The Bertz CT molecular complexity index is 1090. The summed E-state index contributed by atoms with van der Waals surface area (Å²) in [5, 5.41) is 25.5. The first-order chi connectivity index (χ1) is 12.4. The fraction of sp³-hybridized carbons (Fsp3) is 0.167. The smallest absolute Gasteiger partial charge is 0.124 e. The molecule has 0 aromatic heterocycles. The molecule has 2 N–H and O–H groups in total. The number of phenols is 2. The van der Waals surface area contributed by atoms with Crippen LogP contribution in [0.3, 0.4) is 0 Å². The largest absolute Gasteiger partial charge is 0.507 e. The molecular formula is C24H22O2. The van der Waals surface area contributed by atoms with Crippen LogP contribution < -0.4 is 0 Å². The van der Waals surface area contributed by atoms with Gasteiger partial charge in [-0.25, -0.2) is 0 Å². The van der Waals surface area contributed by atoms with E-state index in [-0.39, 0.29) is 11.5 Å². The lowest BCUT2D eigenvalue weighted by Crippen LogP contribution is -1.90. The van der Waals surface area contributed by atoms with Crippen molar-refractivity contribution in [2.45, 2.75) is 27.7 Å². The van der Waals surface area contributed by atoms with Crippen molar-refractivity contribution in [2.24, 2.45) is 0 Å². The van der Waals surface area contributed by atoms with Crippen molar-refractivity contribution in [3.05, 3.63) is 70.8 Å². The molecule has 0 fully saturated rings. The highest BCUT2D eigenvalue weighted by molar-refractivity contribution is 6.10. The monoisotopic (exact) mass is 342 g/mol. The van der Waals surface area contributed by atoms with Crippen LogP contribution in [0.1, 0.15) is 22.3 Å². The van der Waals surface area contributed by atoms with Crippen LogP contribution in [0.25, 0.3) is 32.7 Å². The molecule has 0 spiro atoms. The molecule has 130 valence electrons. The summed E-state index contributed by atoms with van der Waals surface area (Å²) in [6.07, 6.45) is 0. The molecule has 0 amide bonds. The van der Waals surface area contributed by atoms with Crippen LogP contribution in [-0.2, 0) is 0 Å². The minimum atomic E-state index is 0.182. The molecule has 4 aromatic rings. The first-order valence-corrected chi connectivity index (χ1v) is 8.83. The van der Waals surface area contributed by atoms with Crippen molar-refractivity contribution >= 4 is 21.5 Å². The Morgan fingerprint density at radius 2 is 0.846 bits per heavy atom. The van der Waals surface area contributed by atoms with Gasteiger partial charge in [-0.1, -0.05) is 36.4 Å². The Kier molecular flexibility index (Phi) is 3.66. The van der Waals surface area contributed by atoms with E-state index in [0.29, 0.717) is 11.1 Å². The van der Waals surface area contributed by atoms with E-state index in [1.807, 2.05) is 12.1 Å². The van der Waals surface area contributed by atoms with E-state index >= 15 is 0 Å².